The highest BCUT2D eigenvalue weighted by Gasteiger charge is 2.39. The number of phenolic OH excluding ortho intramolecular Hbond substituents is 1. The molecule has 1 amide bonds. The van der Waals surface area contributed by atoms with E-state index < -0.39 is 0 Å². The van der Waals surface area contributed by atoms with Crippen molar-refractivity contribution in [2.24, 2.45) is 5.92 Å². The van der Waals surface area contributed by atoms with E-state index in [0.29, 0.717) is 17.7 Å². The summed E-state index contributed by atoms with van der Waals surface area (Å²) in [4.78, 5) is 15.1. The Labute approximate surface area is 190 Å². The molecule has 1 aliphatic carbocycles. The Balaban J connectivity index is 1.31. The summed E-state index contributed by atoms with van der Waals surface area (Å²) >= 11 is 0. The average Bonchev–Trinajstić information content (AvgIpc) is 3.66. The van der Waals surface area contributed by atoms with Gasteiger partial charge in [0.15, 0.2) is 0 Å². The Morgan fingerprint density at radius 3 is 2.69 bits per heavy atom. The maximum Gasteiger partial charge on any atom is 0.226 e. The predicted octanol–water partition coefficient (Wildman–Crippen LogP) is 4.38. The van der Waals surface area contributed by atoms with Gasteiger partial charge in [0, 0.05) is 18.5 Å². The molecule has 32 heavy (non-hydrogen) atoms. The zero-order valence-electron chi connectivity index (χ0n) is 18.9. The van der Waals surface area contributed by atoms with Gasteiger partial charge in [-0.2, -0.15) is 0 Å². The van der Waals surface area contributed by atoms with Crippen molar-refractivity contribution in [3.8, 4) is 11.5 Å². The molecule has 5 heteroatoms. The average molecular weight is 435 g/mol. The van der Waals surface area contributed by atoms with E-state index in [2.05, 4.69) is 41.4 Å². The zero-order valence-corrected chi connectivity index (χ0v) is 18.9. The monoisotopic (exact) mass is 434 g/mol. The topological polar surface area (TPSA) is 61.8 Å². The van der Waals surface area contributed by atoms with Crippen molar-refractivity contribution in [2.75, 3.05) is 13.1 Å². The molecule has 0 aromatic heterocycles. The van der Waals surface area contributed by atoms with E-state index in [1.54, 1.807) is 6.07 Å². The fourth-order valence-corrected chi connectivity index (χ4v) is 5.25. The van der Waals surface area contributed by atoms with Gasteiger partial charge in [0.05, 0.1) is 6.04 Å². The number of carbonyl (C=O) groups excluding carboxylic acids is 1. The van der Waals surface area contributed by atoms with E-state index in [4.69, 9.17) is 4.74 Å². The number of amides is 1. The molecule has 2 aliphatic heterocycles. The number of ether oxygens (including phenoxy) is 1. The third-order valence-corrected chi connectivity index (χ3v) is 7.28. The normalized spacial score (nSPS) is 24.0. The third kappa shape index (κ3) is 4.63. The number of benzene rings is 2. The lowest BCUT2D eigenvalue weighted by molar-refractivity contribution is -0.135. The first kappa shape index (κ1) is 21.3. The molecule has 2 aromatic rings. The number of fused-ring (bicyclic) bond motifs is 1. The number of rotatable bonds is 6. The van der Waals surface area contributed by atoms with Crippen molar-refractivity contribution in [1.82, 2.24) is 10.2 Å². The van der Waals surface area contributed by atoms with Crippen LogP contribution in [0, 0.1) is 5.92 Å². The molecule has 1 saturated carbocycles. The molecule has 3 unspecified atom stereocenters. The SMILES string of the molecule is CC(Oc1ccc(CC2c3ccc(O)cc3CCN2C(=O)C2CC2)cc1)C1CCCCN1. The zero-order chi connectivity index (χ0) is 22.1. The van der Waals surface area contributed by atoms with Crippen LogP contribution in [0.5, 0.6) is 11.5 Å². The van der Waals surface area contributed by atoms with Crippen molar-refractivity contribution >= 4 is 5.91 Å². The minimum absolute atomic E-state index is 0.0181. The van der Waals surface area contributed by atoms with Crippen LogP contribution in [0.3, 0.4) is 0 Å². The largest absolute Gasteiger partial charge is 0.508 e. The van der Waals surface area contributed by atoms with Crippen molar-refractivity contribution in [2.45, 2.75) is 70.1 Å². The lowest BCUT2D eigenvalue weighted by Gasteiger charge is -2.38. The van der Waals surface area contributed by atoms with Crippen molar-refractivity contribution in [3.05, 3.63) is 59.2 Å². The van der Waals surface area contributed by atoms with E-state index in [1.165, 1.54) is 30.4 Å². The molecule has 0 spiro atoms. The molecule has 2 heterocycles. The number of nitrogens with zero attached hydrogens (tertiary/aromatic N) is 1. The molecule has 5 nitrogen and oxygen atoms in total. The Morgan fingerprint density at radius 2 is 1.97 bits per heavy atom. The highest BCUT2D eigenvalue weighted by atomic mass is 16.5. The molecule has 170 valence electrons. The lowest BCUT2D eigenvalue weighted by atomic mass is 9.88. The third-order valence-electron chi connectivity index (χ3n) is 7.28. The molecule has 2 fully saturated rings. The molecule has 3 atom stereocenters. The summed E-state index contributed by atoms with van der Waals surface area (Å²) in [6, 6.07) is 14.4. The Bertz CT molecular complexity index is 948. The summed E-state index contributed by atoms with van der Waals surface area (Å²) in [5, 5.41) is 13.5. The first-order valence-electron chi connectivity index (χ1n) is 12.2. The van der Waals surface area contributed by atoms with E-state index in [0.717, 1.165) is 50.1 Å². The van der Waals surface area contributed by atoms with Crippen LogP contribution in [0.4, 0.5) is 0 Å². The summed E-state index contributed by atoms with van der Waals surface area (Å²) in [6.45, 7) is 3.95. The quantitative estimate of drug-likeness (QED) is 0.708. The van der Waals surface area contributed by atoms with Gasteiger partial charge in [-0.25, -0.2) is 0 Å². The number of hydrogen-bond donors (Lipinski definition) is 2. The van der Waals surface area contributed by atoms with Gasteiger partial charge in [0.25, 0.3) is 0 Å². The van der Waals surface area contributed by atoms with Gasteiger partial charge < -0.3 is 20.1 Å². The number of aromatic hydroxyl groups is 1. The minimum atomic E-state index is 0.0181. The van der Waals surface area contributed by atoms with Gasteiger partial charge in [-0.05, 0) is 92.9 Å². The number of hydrogen-bond acceptors (Lipinski definition) is 4. The number of carbonyl (C=O) groups is 1. The van der Waals surface area contributed by atoms with E-state index in [9.17, 15) is 9.90 Å². The van der Waals surface area contributed by atoms with E-state index >= 15 is 0 Å². The van der Waals surface area contributed by atoms with E-state index in [1.807, 2.05) is 12.1 Å². The lowest BCUT2D eigenvalue weighted by Crippen LogP contribution is -2.44. The summed E-state index contributed by atoms with van der Waals surface area (Å²) in [5.41, 5.74) is 3.52. The maximum absolute atomic E-state index is 13.0. The van der Waals surface area contributed by atoms with Crippen LogP contribution in [-0.4, -0.2) is 41.1 Å². The second kappa shape index (κ2) is 9.14. The first-order chi connectivity index (χ1) is 15.6. The molecule has 2 aromatic carbocycles. The second-order valence-electron chi connectivity index (χ2n) is 9.68. The van der Waals surface area contributed by atoms with Crippen LogP contribution in [0.1, 0.15) is 61.8 Å². The Kier molecular flexibility index (Phi) is 6.09. The molecule has 2 N–H and O–H groups in total. The highest BCUT2D eigenvalue weighted by molar-refractivity contribution is 5.82. The standard InChI is InChI=1S/C27H34N2O3/c1-18(25-4-2-3-14-28-25)32-23-10-5-19(6-11-23)16-26-24-12-9-22(30)17-21(24)13-15-29(26)27(31)20-7-8-20/h5-6,9-12,17-18,20,25-26,28,30H,2-4,7-8,13-16H2,1H3. The molecule has 0 bridgehead atoms. The first-order valence-corrected chi connectivity index (χ1v) is 12.2. The molecule has 3 aliphatic rings. The molecule has 0 radical (unpaired) electrons. The molecular formula is C27H34N2O3. The van der Waals surface area contributed by atoms with Crippen LogP contribution < -0.4 is 10.1 Å². The summed E-state index contributed by atoms with van der Waals surface area (Å²) in [6.07, 6.45) is 7.44. The van der Waals surface area contributed by atoms with Gasteiger partial charge in [0.2, 0.25) is 5.91 Å². The fourth-order valence-electron chi connectivity index (χ4n) is 5.25. The summed E-state index contributed by atoms with van der Waals surface area (Å²) in [5.74, 6) is 1.70. The highest BCUT2D eigenvalue weighted by Crippen LogP contribution is 2.39. The molecule has 1 saturated heterocycles. The van der Waals surface area contributed by atoms with Gasteiger partial charge >= 0.3 is 0 Å². The number of phenols is 1. The number of piperidine rings is 1. The van der Waals surface area contributed by atoms with Gasteiger partial charge in [-0.15, -0.1) is 0 Å². The van der Waals surface area contributed by atoms with Crippen LogP contribution in [0.25, 0.3) is 0 Å². The van der Waals surface area contributed by atoms with Gasteiger partial charge in [0.1, 0.15) is 17.6 Å². The Morgan fingerprint density at radius 1 is 1.16 bits per heavy atom. The molecule has 5 rings (SSSR count). The van der Waals surface area contributed by atoms with Crippen LogP contribution >= 0.6 is 0 Å². The van der Waals surface area contributed by atoms with E-state index in [-0.39, 0.29) is 18.1 Å². The van der Waals surface area contributed by atoms with Crippen molar-refractivity contribution in [3.63, 3.8) is 0 Å². The predicted molar refractivity (Wildman–Crippen MR) is 125 cm³/mol. The van der Waals surface area contributed by atoms with Crippen LogP contribution in [-0.2, 0) is 17.6 Å². The van der Waals surface area contributed by atoms with Crippen molar-refractivity contribution < 1.29 is 14.6 Å². The smallest absolute Gasteiger partial charge is 0.226 e. The van der Waals surface area contributed by atoms with Crippen LogP contribution in [0.15, 0.2) is 42.5 Å². The number of nitrogens with one attached hydrogen (secondary N) is 1. The summed E-state index contributed by atoms with van der Waals surface area (Å²) < 4.78 is 6.21. The van der Waals surface area contributed by atoms with Crippen LogP contribution in [0.2, 0.25) is 0 Å². The van der Waals surface area contributed by atoms with Crippen molar-refractivity contribution in [1.29, 1.82) is 0 Å². The maximum atomic E-state index is 13.0. The second-order valence-corrected chi connectivity index (χ2v) is 9.68. The van der Waals surface area contributed by atoms with Gasteiger partial charge in [-0.1, -0.05) is 24.6 Å². The molecular weight excluding hydrogens is 400 g/mol. The minimum Gasteiger partial charge on any atom is -0.508 e. The van der Waals surface area contributed by atoms with Gasteiger partial charge in [-0.3, -0.25) is 4.79 Å². The fraction of sp³-hybridized carbons (Fsp3) is 0.519. The summed E-state index contributed by atoms with van der Waals surface area (Å²) in [7, 11) is 0. The Hall–Kier alpha value is -2.53.